The Morgan fingerprint density at radius 1 is 1.17 bits per heavy atom. The first kappa shape index (κ1) is 13.3. The molecule has 0 aliphatic carbocycles. The first-order valence-corrected chi connectivity index (χ1v) is 6.62. The molecule has 1 aliphatic rings. The third-order valence-electron chi connectivity index (χ3n) is 3.41. The Balaban J connectivity index is 1.74. The molecule has 1 heterocycles. The van der Waals surface area contributed by atoms with E-state index in [1.54, 1.807) is 0 Å². The van der Waals surface area contributed by atoms with E-state index in [4.69, 9.17) is 0 Å². The van der Waals surface area contributed by atoms with Crippen molar-refractivity contribution < 1.29 is 5.11 Å². The number of piperazine rings is 1. The Hall–Kier alpha value is -1.16. The average molecular weight is 246 g/mol. The van der Waals surface area contributed by atoms with Crippen LogP contribution in [-0.4, -0.2) is 53.9 Å². The quantitative estimate of drug-likeness (QED) is 0.875. The van der Waals surface area contributed by atoms with Gasteiger partial charge in [-0.25, -0.2) is 0 Å². The highest BCUT2D eigenvalue weighted by Crippen LogP contribution is 2.05. The van der Waals surface area contributed by atoms with E-state index in [-0.39, 0.29) is 6.23 Å². The fraction of sp³-hybridized carbons (Fsp3) is 0.467. The smallest absolute Gasteiger partial charge is 0.104 e. The van der Waals surface area contributed by atoms with Crippen LogP contribution in [0, 0.1) is 0 Å². The summed E-state index contributed by atoms with van der Waals surface area (Å²) in [5.41, 5.74) is 1.25. The van der Waals surface area contributed by atoms with Gasteiger partial charge in [0.1, 0.15) is 6.23 Å². The minimum absolute atomic E-state index is 0.313. The Kier molecular flexibility index (Phi) is 4.93. The third-order valence-corrected chi connectivity index (χ3v) is 3.41. The minimum atomic E-state index is -0.313. The van der Waals surface area contributed by atoms with E-state index in [1.807, 2.05) is 13.0 Å². The minimum Gasteiger partial charge on any atom is -0.379 e. The van der Waals surface area contributed by atoms with Gasteiger partial charge in [0.05, 0.1) is 0 Å². The topological polar surface area (TPSA) is 26.7 Å². The fourth-order valence-corrected chi connectivity index (χ4v) is 2.22. The average Bonchev–Trinajstić information content (AvgIpc) is 2.40. The maximum Gasteiger partial charge on any atom is 0.104 e. The highest BCUT2D eigenvalue weighted by Gasteiger charge is 2.18. The summed E-state index contributed by atoms with van der Waals surface area (Å²) in [6, 6.07) is 10.4. The van der Waals surface area contributed by atoms with E-state index < -0.39 is 0 Å². The lowest BCUT2D eigenvalue weighted by molar-refractivity contribution is -0.0106. The number of aliphatic hydroxyl groups excluding tert-OH is 1. The summed E-state index contributed by atoms with van der Waals surface area (Å²) in [6.45, 7) is 6.80. The van der Waals surface area contributed by atoms with Gasteiger partial charge in [-0.15, -0.1) is 0 Å². The summed E-state index contributed by atoms with van der Waals surface area (Å²) >= 11 is 0. The van der Waals surface area contributed by atoms with Gasteiger partial charge in [-0.1, -0.05) is 42.5 Å². The van der Waals surface area contributed by atoms with E-state index in [0.717, 1.165) is 32.7 Å². The molecule has 0 radical (unpaired) electrons. The molecule has 1 unspecified atom stereocenters. The summed E-state index contributed by atoms with van der Waals surface area (Å²) in [4.78, 5) is 4.52. The summed E-state index contributed by atoms with van der Waals surface area (Å²) in [5.74, 6) is 0. The number of hydrogen-bond acceptors (Lipinski definition) is 3. The third kappa shape index (κ3) is 3.95. The van der Waals surface area contributed by atoms with Crippen LogP contribution >= 0.6 is 0 Å². The van der Waals surface area contributed by atoms with Crippen molar-refractivity contribution in [2.24, 2.45) is 0 Å². The lowest BCUT2D eigenvalue weighted by Crippen LogP contribution is -2.49. The molecule has 0 spiro atoms. The maximum atomic E-state index is 9.48. The van der Waals surface area contributed by atoms with Gasteiger partial charge >= 0.3 is 0 Å². The van der Waals surface area contributed by atoms with Crippen molar-refractivity contribution in [3.8, 4) is 0 Å². The second-order valence-corrected chi connectivity index (χ2v) is 4.78. The normalized spacial score (nSPS) is 20.3. The second-order valence-electron chi connectivity index (χ2n) is 4.78. The van der Waals surface area contributed by atoms with Crippen molar-refractivity contribution in [1.82, 2.24) is 9.80 Å². The van der Waals surface area contributed by atoms with Gasteiger partial charge in [0.25, 0.3) is 0 Å². The molecule has 1 aromatic rings. The summed E-state index contributed by atoms with van der Waals surface area (Å²) < 4.78 is 0. The van der Waals surface area contributed by atoms with Gasteiger partial charge in [-0.3, -0.25) is 9.80 Å². The van der Waals surface area contributed by atoms with Gasteiger partial charge in [-0.2, -0.15) is 0 Å². The predicted octanol–water partition coefficient (Wildman–Crippen LogP) is 1.66. The lowest BCUT2D eigenvalue weighted by atomic mass is 10.2. The summed E-state index contributed by atoms with van der Waals surface area (Å²) in [5, 5.41) is 9.48. The summed E-state index contributed by atoms with van der Waals surface area (Å²) in [6.07, 6.45) is 4.07. The first-order chi connectivity index (χ1) is 8.75. The highest BCUT2D eigenvalue weighted by atomic mass is 16.3. The Morgan fingerprint density at radius 3 is 2.44 bits per heavy atom. The molecule has 1 fully saturated rings. The number of nitrogens with zero attached hydrogens (tertiary/aromatic N) is 2. The van der Waals surface area contributed by atoms with Gasteiger partial charge in [-0.05, 0) is 12.5 Å². The molecule has 1 aromatic carbocycles. The van der Waals surface area contributed by atoms with E-state index >= 15 is 0 Å². The molecule has 0 amide bonds. The molecule has 98 valence electrons. The van der Waals surface area contributed by atoms with Crippen LogP contribution in [0.5, 0.6) is 0 Å². The van der Waals surface area contributed by atoms with Gasteiger partial charge in [0.2, 0.25) is 0 Å². The monoisotopic (exact) mass is 246 g/mol. The van der Waals surface area contributed by atoms with Crippen molar-refractivity contribution in [3.63, 3.8) is 0 Å². The van der Waals surface area contributed by atoms with Crippen molar-refractivity contribution in [1.29, 1.82) is 0 Å². The predicted molar refractivity (Wildman–Crippen MR) is 75.2 cm³/mol. The molecule has 0 aromatic heterocycles. The SMILES string of the molecule is CC(O)N1CCN(CC=Cc2ccccc2)CC1. The van der Waals surface area contributed by atoms with E-state index in [1.165, 1.54) is 5.56 Å². The van der Waals surface area contributed by atoms with E-state index in [0.29, 0.717) is 0 Å². The molecule has 2 rings (SSSR count). The molecule has 1 atom stereocenters. The van der Waals surface area contributed by atoms with Crippen LogP contribution in [0.3, 0.4) is 0 Å². The van der Waals surface area contributed by atoms with Crippen molar-refractivity contribution in [2.45, 2.75) is 13.2 Å². The fourth-order valence-electron chi connectivity index (χ4n) is 2.22. The van der Waals surface area contributed by atoms with Gasteiger partial charge in [0.15, 0.2) is 0 Å². The number of benzene rings is 1. The number of rotatable bonds is 4. The van der Waals surface area contributed by atoms with Crippen molar-refractivity contribution >= 4 is 6.08 Å². The Labute approximate surface area is 109 Å². The molecular weight excluding hydrogens is 224 g/mol. The van der Waals surface area contributed by atoms with Crippen LogP contribution in [0.2, 0.25) is 0 Å². The Morgan fingerprint density at radius 2 is 1.83 bits per heavy atom. The molecule has 18 heavy (non-hydrogen) atoms. The Bertz CT molecular complexity index is 367. The van der Waals surface area contributed by atoms with Gasteiger partial charge in [0, 0.05) is 32.7 Å². The molecule has 3 nitrogen and oxygen atoms in total. The van der Waals surface area contributed by atoms with Crippen LogP contribution in [0.1, 0.15) is 12.5 Å². The molecule has 3 heteroatoms. The zero-order valence-corrected chi connectivity index (χ0v) is 11.0. The first-order valence-electron chi connectivity index (χ1n) is 6.62. The van der Waals surface area contributed by atoms with Crippen molar-refractivity contribution in [3.05, 3.63) is 42.0 Å². The maximum absolute atomic E-state index is 9.48. The molecule has 1 saturated heterocycles. The van der Waals surface area contributed by atoms with Crippen LogP contribution in [0.25, 0.3) is 6.08 Å². The highest BCUT2D eigenvalue weighted by molar-refractivity contribution is 5.48. The van der Waals surface area contributed by atoms with Crippen molar-refractivity contribution in [2.75, 3.05) is 32.7 Å². The summed E-state index contributed by atoms with van der Waals surface area (Å²) in [7, 11) is 0. The van der Waals surface area contributed by atoms with Crippen LogP contribution in [0.15, 0.2) is 36.4 Å². The standard InChI is InChI=1S/C15H22N2O/c1-14(18)17-12-10-16(11-13-17)9-5-8-15-6-3-2-4-7-15/h2-8,14,18H,9-13H2,1H3. The zero-order chi connectivity index (χ0) is 12.8. The van der Waals surface area contributed by atoms with Crippen LogP contribution in [0.4, 0.5) is 0 Å². The van der Waals surface area contributed by atoms with Crippen LogP contribution < -0.4 is 0 Å². The molecule has 0 saturated carbocycles. The van der Waals surface area contributed by atoms with E-state index in [2.05, 4.69) is 46.2 Å². The second kappa shape index (κ2) is 6.69. The molecular formula is C15H22N2O. The number of hydrogen-bond donors (Lipinski definition) is 1. The number of aliphatic hydroxyl groups is 1. The lowest BCUT2D eigenvalue weighted by Gasteiger charge is -2.35. The van der Waals surface area contributed by atoms with Gasteiger partial charge < -0.3 is 5.11 Å². The van der Waals surface area contributed by atoms with E-state index in [9.17, 15) is 5.11 Å². The zero-order valence-electron chi connectivity index (χ0n) is 11.0. The van der Waals surface area contributed by atoms with Crippen LogP contribution in [-0.2, 0) is 0 Å². The molecule has 1 aliphatic heterocycles. The molecule has 0 bridgehead atoms. The molecule has 1 N–H and O–H groups in total. The largest absolute Gasteiger partial charge is 0.379 e.